The van der Waals surface area contributed by atoms with Crippen molar-refractivity contribution in [2.45, 2.75) is 30.6 Å². The Kier molecular flexibility index (Phi) is 5.51. The zero-order valence-electron chi connectivity index (χ0n) is 15.2. The van der Waals surface area contributed by atoms with Crippen LogP contribution in [0, 0.1) is 11.8 Å². The van der Waals surface area contributed by atoms with E-state index in [-0.39, 0.29) is 16.7 Å². The van der Waals surface area contributed by atoms with Gasteiger partial charge in [0.2, 0.25) is 0 Å². The molecule has 8 heteroatoms. The molecule has 140 valence electrons. The minimum absolute atomic E-state index is 0.0584. The van der Waals surface area contributed by atoms with Crippen molar-refractivity contribution in [2.24, 2.45) is 0 Å². The van der Waals surface area contributed by atoms with Gasteiger partial charge >= 0.3 is 0 Å². The molecule has 27 heavy (non-hydrogen) atoms. The summed E-state index contributed by atoms with van der Waals surface area (Å²) in [6.07, 6.45) is 7.09. The predicted molar refractivity (Wildman–Crippen MR) is 100 cm³/mol. The molecule has 0 N–H and O–H groups in total. The molecule has 1 fully saturated rings. The van der Waals surface area contributed by atoms with Crippen molar-refractivity contribution in [1.29, 1.82) is 0 Å². The number of hydrogen-bond donors (Lipinski definition) is 0. The Labute approximate surface area is 158 Å². The molecule has 0 unspecified atom stereocenters. The minimum atomic E-state index is -3.46. The van der Waals surface area contributed by atoms with Crippen LogP contribution in [0.1, 0.15) is 31.4 Å². The highest BCUT2D eigenvalue weighted by Crippen LogP contribution is 2.32. The van der Waals surface area contributed by atoms with Crippen LogP contribution in [-0.4, -0.2) is 53.5 Å². The fourth-order valence-electron chi connectivity index (χ4n) is 3.14. The number of carbonyl (C=O) groups excluding carboxylic acids is 1. The molecule has 3 heterocycles. The average molecular weight is 384 g/mol. The van der Waals surface area contributed by atoms with Gasteiger partial charge in [0, 0.05) is 49.4 Å². The summed E-state index contributed by atoms with van der Waals surface area (Å²) in [6.45, 7) is 2.68. The first-order chi connectivity index (χ1) is 12.9. The third-order valence-electron chi connectivity index (χ3n) is 4.52. The lowest BCUT2D eigenvalue weighted by Crippen LogP contribution is -2.37. The third kappa shape index (κ3) is 4.31. The van der Waals surface area contributed by atoms with Gasteiger partial charge in [0.25, 0.3) is 5.91 Å². The molecule has 2 aromatic rings. The van der Waals surface area contributed by atoms with Gasteiger partial charge in [-0.15, -0.1) is 0 Å². The van der Waals surface area contributed by atoms with Gasteiger partial charge in [-0.2, -0.15) is 0 Å². The first-order valence-corrected chi connectivity index (χ1v) is 10.5. The molecule has 0 radical (unpaired) electrons. The minimum Gasteiger partial charge on any atom is -0.332 e. The maximum absolute atomic E-state index is 12.2. The lowest BCUT2D eigenvalue weighted by molar-refractivity contribution is -0.126. The Morgan fingerprint density at radius 1 is 1.22 bits per heavy atom. The zero-order chi connectivity index (χ0) is 19.4. The quantitative estimate of drug-likeness (QED) is 0.748. The van der Waals surface area contributed by atoms with Crippen LogP contribution in [0.4, 0.5) is 0 Å². The summed E-state index contributed by atoms with van der Waals surface area (Å²) in [6, 6.07) is 3.56. The standard InChI is InChI=1S/C19H20N4O3S/c1-3-4-17(24)23-11-7-14(8-12-23)18-16(27(2,25)26)13-21-19(22-18)15-5-9-20-10-6-15/h5-6,9-10,13-14H,7-8,11-12H2,1-2H3. The maximum atomic E-state index is 12.2. The van der Waals surface area contributed by atoms with Crippen LogP contribution in [0.2, 0.25) is 0 Å². The summed E-state index contributed by atoms with van der Waals surface area (Å²) in [4.78, 5) is 26.6. The van der Waals surface area contributed by atoms with E-state index in [1.807, 2.05) is 0 Å². The molecule has 0 aromatic carbocycles. The number of hydrogen-bond acceptors (Lipinski definition) is 6. The number of amides is 1. The number of rotatable bonds is 3. The van der Waals surface area contributed by atoms with E-state index in [1.165, 1.54) is 6.20 Å². The molecule has 0 spiro atoms. The molecular formula is C19H20N4O3S. The van der Waals surface area contributed by atoms with Crippen LogP contribution in [-0.2, 0) is 14.6 Å². The fraction of sp³-hybridized carbons (Fsp3) is 0.368. The first kappa shape index (κ1) is 19.0. The van der Waals surface area contributed by atoms with E-state index in [1.54, 1.807) is 36.4 Å². The molecule has 3 rings (SSSR count). The van der Waals surface area contributed by atoms with E-state index >= 15 is 0 Å². The maximum Gasteiger partial charge on any atom is 0.298 e. The monoisotopic (exact) mass is 384 g/mol. The van der Waals surface area contributed by atoms with Crippen molar-refractivity contribution in [3.05, 3.63) is 36.4 Å². The van der Waals surface area contributed by atoms with Crippen molar-refractivity contribution in [1.82, 2.24) is 19.9 Å². The van der Waals surface area contributed by atoms with E-state index < -0.39 is 9.84 Å². The molecule has 7 nitrogen and oxygen atoms in total. The fourth-order valence-corrected chi connectivity index (χ4v) is 3.98. The number of carbonyl (C=O) groups is 1. The van der Waals surface area contributed by atoms with Gasteiger partial charge in [-0.3, -0.25) is 9.78 Å². The van der Waals surface area contributed by atoms with Crippen molar-refractivity contribution in [3.63, 3.8) is 0 Å². The number of aromatic nitrogens is 3. The highest BCUT2D eigenvalue weighted by atomic mass is 32.2. The van der Waals surface area contributed by atoms with Crippen LogP contribution in [0.5, 0.6) is 0 Å². The van der Waals surface area contributed by atoms with Crippen LogP contribution >= 0.6 is 0 Å². The van der Waals surface area contributed by atoms with Crippen LogP contribution in [0.3, 0.4) is 0 Å². The van der Waals surface area contributed by atoms with Crippen LogP contribution < -0.4 is 0 Å². The second-order valence-corrected chi connectivity index (χ2v) is 8.38. The SMILES string of the molecule is CC#CC(=O)N1CCC(c2nc(-c3ccncc3)ncc2S(C)(=O)=O)CC1. The van der Waals surface area contributed by atoms with E-state index in [2.05, 4.69) is 26.8 Å². The molecule has 1 aliphatic heterocycles. The van der Waals surface area contributed by atoms with Gasteiger partial charge in [-0.25, -0.2) is 18.4 Å². The van der Waals surface area contributed by atoms with E-state index in [9.17, 15) is 13.2 Å². The largest absolute Gasteiger partial charge is 0.332 e. The normalized spacial score (nSPS) is 15.1. The number of likely N-dealkylation sites (tertiary alicyclic amines) is 1. The summed E-state index contributed by atoms with van der Waals surface area (Å²) in [5.41, 5.74) is 1.30. The van der Waals surface area contributed by atoms with Crippen molar-refractivity contribution in [3.8, 4) is 23.2 Å². The van der Waals surface area contributed by atoms with Gasteiger partial charge in [0.1, 0.15) is 4.90 Å². The molecule has 2 aromatic heterocycles. The first-order valence-electron chi connectivity index (χ1n) is 8.59. The van der Waals surface area contributed by atoms with Crippen LogP contribution in [0.15, 0.2) is 35.6 Å². The van der Waals surface area contributed by atoms with Gasteiger partial charge in [-0.05, 0) is 37.8 Å². The second-order valence-electron chi connectivity index (χ2n) is 6.39. The molecule has 1 amide bonds. The van der Waals surface area contributed by atoms with E-state index in [4.69, 9.17) is 0 Å². The average Bonchev–Trinajstić information content (AvgIpc) is 2.68. The summed E-state index contributed by atoms with van der Waals surface area (Å²) in [7, 11) is -3.46. The summed E-state index contributed by atoms with van der Waals surface area (Å²) in [5.74, 6) is 5.38. The smallest absolute Gasteiger partial charge is 0.298 e. The van der Waals surface area contributed by atoms with E-state index in [0.29, 0.717) is 37.4 Å². The van der Waals surface area contributed by atoms with Gasteiger partial charge < -0.3 is 4.90 Å². The van der Waals surface area contributed by atoms with Crippen LogP contribution in [0.25, 0.3) is 11.4 Å². The van der Waals surface area contributed by atoms with Gasteiger partial charge in [0.15, 0.2) is 15.7 Å². The van der Waals surface area contributed by atoms with Crippen molar-refractivity contribution in [2.75, 3.05) is 19.3 Å². The molecule has 0 bridgehead atoms. The molecule has 0 aliphatic carbocycles. The van der Waals surface area contributed by atoms with Crippen molar-refractivity contribution >= 4 is 15.7 Å². The Hall–Kier alpha value is -2.79. The zero-order valence-corrected chi connectivity index (χ0v) is 16.0. The topological polar surface area (TPSA) is 93.1 Å². The lowest BCUT2D eigenvalue weighted by Gasteiger charge is -2.31. The molecule has 0 saturated carbocycles. The number of nitrogens with zero attached hydrogens (tertiary/aromatic N) is 4. The molecular weight excluding hydrogens is 364 g/mol. The number of piperidine rings is 1. The van der Waals surface area contributed by atoms with Gasteiger partial charge in [0.05, 0.1) is 5.69 Å². The van der Waals surface area contributed by atoms with Gasteiger partial charge in [-0.1, -0.05) is 5.92 Å². The highest BCUT2D eigenvalue weighted by molar-refractivity contribution is 7.90. The summed E-state index contributed by atoms with van der Waals surface area (Å²) < 4.78 is 24.5. The Morgan fingerprint density at radius 2 is 1.89 bits per heavy atom. The Balaban J connectivity index is 1.93. The second kappa shape index (κ2) is 7.84. The Bertz CT molecular complexity index is 1000. The molecule has 0 atom stereocenters. The molecule has 1 aliphatic rings. The van der Waals surface area contributed by atoms with E-state index in [0.717, 1.165) is 11.8 Å². The lowest BCUT2D eigenvalue weighted by atomic mass is 9.93. The number of pyridine rings is 1. The molecule has 1 saturated heterocycles. The van der Waals surface area contributed by atoms with Crippen molar-refractivity contribution < 1.29 is 13.2 Å². The predicted octanol–water partition coefficient (Wildman–Crippen LogP) is 1.67. The third-order valence-corrected chi connectivity index (χ3v) is 5.64. The summed E-state index contributed by atoms with van der Waals surface area (Å²) >= 11 is 0. The number of sulfone groups is 1. The Morgan fingerprint density at radius 3 is 2.48 bits per heavy atom. The highest BCUT2D eigenvalue weighted by Gasteiger charge is 2.29. The summed E-state index contributed by atoms with van der Waals surface area (Å²) in [5, 5.41) is 0.